The molecule has 3 amide bonds. The summed E-state index contributed by atoms with van der Waals surface area (Å²) in [4.78, 5) is 34.0. The van der Waals surface area contributed by atoms with E-state index in [0.717, 1.165) is 0 Å². The molecule has 0 aliphatic rings. The first-order valence-corrected chi connectivity index (χ1v) is 6.45. The standard InChI is InChI=1S/C12H24N4O3/c1-4-14-9(17)5-6-15-10(18)7-16-12(19)11(13)8(2)3/h8,11H,4-7,13H2,1-3H3,(H,14,17)(H,15,18)(H,16,19)/t11-/m0/s1. The largest absolute Gasteiger partial charge is 0.356 e. The number of rotatable bonds is 8. The normalized spacial score (nSPS) is 11.8. The van der Waals surface area contributed by atoms with Gasteiger partial charge >= 0.3 is 0 Å². The number of hydrogen-bond acceptors (Lipinski definition) is 4. The maximum Gasteiger partial charge on any atom is 0.239 e. The Labute approximate surface area is 113 Å². The molecule has 5 N–H and O–H groups in total. The average Bonchev–Trinajstić information content (AvgIpc) is 2.35. The van der Waals surface area contributed by atoms with Gasteiger partial charge < -0.3 is 21.7 Å². The third kappa shape index (κ3) is 8.15. The molecule has 0 fully saturated rings. The van der Waals surface area contributed by atoms with Gasteiger partial charge in [0.1, 0.15) is 0 Å². The molecule has 0 spiro atoms. The quantitative estimate of drug-likeness (QED) is 0.441. The zero-order valence-corrected chi connectivity index (χ0v) is 11.8. The Morgan fingerprint density at radius 1 is 1.05 bits per heavy atom. The second-order valence-corrected chi connectivity index (χ2v) is 4.54. The van der Waals surface area contributed by atoms with E-state index in [1.54, 1.807) is 0 Å². The van der Waals surface area contributed by atoms with Crippen LogP contribution in [0.2, 0.25) is 0 Å². The van der Waals surface area contributed by atoms with Crippen molar-refractivity contribution in [1.29, 1.82) is 0 Å². The molecule has 0 aromatic carbocycles. The van der Waals surface area contributed by atoms with Gasteiger partial charge in [0, 0.05) is 19.5 Å². The van der Waals surface area contributed by atoms with Crippen LogP contribution in [0.4, 0.5) is 0 Å². The Bertz CT molecular complexity index is 318. The van der Waals surface area contributed by atoms with E-state index in [1.807, 2.05) is 20.8 Å². The van der Waals surface area contributed by atoms with E-state index in [-0.39, 0.29) is 43.1 Å². The molecule has 0 bridgehead atoms. The second-order valence-electron chi connectivity index (χ2n) is 4.54. The molecule has 0 saturated heterocycles. The maximum atomic E-state index is 11.5. The molecule has 0 aromatic heterocycles. The molecule has 0 heterocycles. The van der Waals surface area contributed by atoms with E-state index in [2.05, 4.69) is 16.0 Å². The van der Waals surface area contributed by atoms with Crippen LogP contribution >= 0.6 is 0 Å². The van der Waals surface area contributed by atoms with Crippen LogP contribution in [0, 0.1) is 5.92 Å². The summed E-state index contributed by atoms with van der Waals surface area (Å²) in [5, 5.41) is 7.61. The summed E-state index contributed by atoms with van der Waals surface area (Å²) < 4.78 is 0. The van der Waals surface area contributed by atoms with Crippen molar-refractivity contribution in [3.8, 4) is 0 Å². The van der Waals surface area contributed by atoms with Gasteiger partial charge in [0.25, 0.3) is 0 Å². The van der Waals surface area contributed by atoms with Crippen LogP contribution in [0.5, 0.6) is 0 Å². The lowest BCUT2D eigenvalue weighted by atomic mass is 10.1. The van der Waals surface area contributed by atoms with E-state index < -0.39 is 6.04 Å². The zero-order valence-electron chi connectivity index (χ0n) is 11.8. The van der Waals surface area contributed by atoms with Gasteiger partial charge in [-0.15, -0.1) is 0 Å². The maximum absolute atomic E-state index is 11.5. The number of carbonyl (C=O) groups is 3. The van der Waals surface area contributed by atoms with Crippen molar-refractivity contribution in [3.05, 3.63) is 0 Å². The van der Waals surface area contributed by atoms with Crippen LogP contribution in [-0.4, -0.2) is 43.4 Å². The third-order valence-electron chi connectivity index (χ3n) is 2.49. The van der Waals surface area contributed by atoms with E-state index in [1.165, 1.54) is 0 Å². The first-order chi connectivity index (χ1) is 8.88. The smallest absolute Gasteiger partial charge is 0.239 e. The molecular weight excluding hydrogens is 248 g/mol. The number of amides is 3. The molecular formula is C12H24N4O3. The molecule has 0 aromatic rings. The van der Waals surface area contributed by atoms with Crippen LogP contribution in [0.25, 0.3) is 0 Å². The summed E-state index contributed by atoms with van der Waals surface area (Å²) in [5.74, 6) is -0.794. The van der Waals surface area contributed by atoms with Gasteiger partial charge in [-0.3, -0.25) is 14.4 Å². The lowest BCUT2D eigenvalue weighted by Gasteiger charge is -2.15. The highest BCUT2D eigenvalue weighted by atomic mass is 16.2. The fourth-order valence-corrected chi connectivity index (χ4v) is 1.25. The van der Waals surface area contributed by atoms with Crippen molar-refractivity contribution >= 4 is 17.7 Å². The number of nitrogens with one attached hydrogen (secondary N) is 3. The minimum atomic E-state index is -0.622. The van der Waals surface area contributed by atoms with Crippen LogP contribution in [0.1, 0.15) is 27.2 Å². The summed E-state index contributed by atoms with van der Waals surface area (Å²) in [7, 11) is 0. The molecule has 0 radical (unpaired) electrons. The minimum absolute atomic E-state index is 0.0146. The summed E-state index contributed by atoms with van der Waals surface area (Å²) in [6.45, 7) is 6.17. The molecule has 0 saturated carbocycles. The number of hydrogen-bond donors (Lipinski definition) is 4. The summed E-state index contributed by atoms with van der Waals surface area (Å²) >= 11 is 0. The van der Waals surface area contributed by atoms with Crippen molar-refractivity contribution in [1.82, 2.24) is 16.0 Å². The molecule has 1 atom stereocenters. The van der Waals surface area contributed by atoms with Gasteiger partial charge in [-0.2, -0.15) is 0 Å². The molecule has 0 unspecified atom stereocenters. The van der Waals surface area contributed by atoms with Crippen molar-refractivity contribution in [2.75, 3.05) is 19.6 Å². The number of nitrogens with two attached hydrogens (primary N) is 1. The molecule has 19 heavy (non-hydrogen) atoms. The number of carbonyl (C=O) groups excluding carboxylic acids is 3. The van der Waals surface area contributed by atoms with E-state index >= 15 is 0 Å². The van der Waals surface area contributed by atoms with Crippen LogP contribution in [-0.2, 0) is 14.4 Å². The monoisotopic (exact) mass is 272 g/mol. The molecule has 0 rings (SSSR count). The Morgan fingerprint density at radius 3 is 2.21 bits per heavy atom. The second kappa shape index (κ2) is 9.32. The fourth-order valence-electron chi connectivity index (χ4n) is 1.25. The summed E-state index contributed by atoms with van der Waals surface area (Å²) in [6, 6.07) is -0.622. The minimum Gasteiger partial charge on any atom is -0.356 e. The molecule has 7 heteroatoms. The Hall–Kier alpha value is -1.63. The Balaban J connectivity index is 3.76. The topological polar surface area (TPSA) is 113 Å². The van der Waals surface area contributed by atoms with Crippen LogP contribution in [0.15, 0.2) is 0 Å². The van der Waals surface area contributed by atoms with Crippen LogP contribution in [0.3, 0.4) is 0 Å². The van der Waals surface area contributed by atoms with Gasteiger partial charge in [0.05, 0.1) is 12.6 Å². The van der Waals surface area contributed by atoms with Crippen molar-refractivity contribution in [2.24, 2.45) is 11.7 Å². The highest BCUT2D eigenvalue weighted by Gasteiger charge is 2.17. The fraction of sp³-hybridized carbons (Fsp3) is 0.750. The Kier molecular flexibility index (Phi) is 8.52. The molecule has 110 valence electrons. The Morgan fingerprint density at radius 2 is 1.68 bits per heavy atom. The molecule has 0 aliphatic carbocycles. The molecule has 0 aliphatic heterocycles. The first kappa shape index (κ1) is 17.4. The van der Waals surface area contributed by atoms with Gasteiger partial charge in [-0.1, -0.05) is 13.8 Å². The first-order valence-electron chi connectivity index (χ1n) is 6.45. The van der Waals surface area contributed by atoms with Gasteiger partial charge in [-0.05, 0) is 12.8 Å². The predicted octanol–water partition coefficient (Wildman–Crippen LogP) is -1.27. The van der Waals surface area contributed by atoms with Crippen molar-refractivity contribution in [3.63, 3.8) is 0 Å². The predicted molar refractivity (Wildman–Crippen MR) is 72.1 cm³/mol. The summed E-state index contributed by atoms with van der Waals surface area (Å²) in [6.07, 6.45) is 0.221. The van der Waals surface area contributed by atoms with E-state index in [0.29, 0.717) is 6.54 Å². The van der Waals surface area contributed by atoms with Gasteiger partial charge in [0.2, 0.25) is 17.7 Å². The van der Waals surface area contributed by atoms with Crippen molar-refractivity contribution in [2.45, 2.75) is 33.2 Å². The lowest BCUT2D eigenvalue weighted by molar-refractivity contribution is -0.127. The van der Waals surface area contributed by atoms with Crippen molar-refractivity contribution < 1.29 is 14.4 Å². The lowest BCUT2D eigenvalue weighted by Crippen LogP contribution is -2.47. The summed E-state index contributed by atoms with van der Waals surface area (Å²) in [5.41, 5.74) is 5.62. The van der Waals surface area contributed by atoms with Gasteiger partial charge in [0.15, 0.2) is 0 Å². The van der Waals surface area contributed by atoms with E-state index in [9.17, 15) is 14.4 Å². The average molecular weight is 272 g/mol. The highest BCUT2D eigenvalue weighted by molar-refractivity contribution is 5.87. The zero-order chi connectivity index (χ0) is 14.8. The highest BCUT2D eigenvalue weighted by Crippen LogP contribution is 1.97. The third-order valence-corrected chi connectivity index (χ3v) is 2.49. The SMILES string of the molecule is CCNC(=O)CCNC(=O)CNC(=O)[C@@H](N)C(C)C. The molecule has 7 nitrogen and oxygen atoms in total. The van der Waals surface area contributed by atoms with Gasteiger partial charge in [-0.25, -0.2) is 0 Å². The van der Waals surface area contributed by atoms with Crippen LogP contribution < -0.4 is 21.7 Å². The van der Waals surface area contributed by atoms with E-state index in [4.69, 9.17) is 5.73 Å².